The molecule has 1 aliphatic carbocycles. The van der Waals surface area contributed by atoms with Crippen LogP contribution in [0.4, 0.5) is 0 Å². The molecule has 2 heteroatoms. The quantitative estimate of drug-likeness (QED) is 0.590. The van der Waals surface area contributed by atoms with E-state index in [-0.39, 0.29) is 5.41 Å². The van der Waals surface area contributed by atoms with Crippen molar-refractivity contribution in [3.63, 3.8) is 0 Å². The molecule has 2 unspecified atom stereocenters. The van der Waals surface area contributed by atoms with Crippen molar-refractivity contribution in [2.45, 2.75) is 77.4 Å². The second-order valence-corrected chi connectivity index (χ2v) is 8.56. The third kappa shape index (κ3) is 4.66. The highest BCUT2D eigenvalue weighted by Crippen LogP contribution is 2.44. The van der Waals surface area contributed by atoms with Crippen molar-refractivity contribution in [3.8, 4) is 0 Å². The van der Waals surface area contributed by atoms with Crippen LogP contribution in [-0.4, -0.2) is 16.3 Å². The second kappa shape index (κ2) is 9.01. The predicted octanol–water partition coefficient (Wildman–Crippen LogP) is 5.67. The van der Waals surface area contributed by atoms with Gasteiger partial charge in [-0.15, -0.1) is 0 Å². The lowest BCUT2D eigenvalue weighted by molar-refractivity contribution is 0.0251. The van der Waals surface area contributed by atoms with Gasteiger partial charge in [-0.2, -0.15) is 0 Å². The summed E-state index contributed by atoms with van der Waals surface area (Å²) in [5.74, 6) is 0. The van der Waals surface area contributed by atoms with Crippen LogP contribution < -0.4 is 0 Å². The lowest BCUT2D eigenvalue weighted by Gasteiger charge is -2.43. The molecule has 1 aromatic rings. The minimum atomic E-state index is -0.617. The highest BCUT2D eigenvalue weighted by atomic mass is 16.3. The van der Waals surface area contributed by atoms with E-state index in [1.54, 1.807) is 0 Å². The Morgan fingerprint density at radius 3 is 2.23 bits per heavy atom. The van der Waals surface area contributed by atoms with Crippen molar-refractivity contribution < 1.29 is 10.2 Å². The molecular weight excluding hydrogens is 320 g/mol. The molecule has 2 N–H and O–H groups in total. The largest absolute Gasteiger partial charge is 0.391 e. The number of allylic oxidation sites excluding steroid dienone is 2. The van der Waals surface area contributed by atoms with Crippen molar-refractivity contribution in [2.75, 3.05) is 0 Å². The van der Waals surface area contributed by atoms with E-state index >= 15 is 0 Å². The molecule has 0 aliphatic heterocycles. The first kappa shape index (κ1) is 20.9. The summed E-state index contributed by atoms with van der Waals surface area (Å²) in [7, 11) is 0. The number of aliphatic hydroxyl groups excluding tert-OH is 2. The maximum Gasteiger partial charge on any atom is 0.0793 e. The van der Waals surface area contributed by atoms with Crippen LogP contribution in [0, 0.1) is 11.8 Å². The molecule has 1 aliphatic rings. The zero-order chi connectivity index (χ0) is 19.2. The average molecular weight is 356 g/mol. The first-order valence-corrected chi connectivity index (χ1v) is 9.99. The molecule has 143 valence electrons. The van der Waals surface area contributed by atoms with Crippen LogP contribution in [0.5, 0.6) is 0 Å². The summed E-state index contributed by atoms with van der Waals surface area (Å²) >= 11 is 0. The van der Waals surface area contributed by atoms with E-state index in [2.05, 4.69) is 45.9 Å². The predicted molar refractivity (Wildman–Crippen MR) is 110 cm³/mol. The smallest absolute Gasteiger partial charge is 0.0793 e. The summed E-state index contributed by atoms with van der Waals surface area (Å²) in [5, 5.41) is 22.2. The van der Waals surface area contributed by atoms with Gasteiger partial charge in [0.25, 0.3) is 0 Å². The van der Waals surface area contributed by atoms with Crippen molar-refractivity contribution in [1.29, 1.82) is 0 Å². The number of unbranched alkanes of at least 4 members (excludes halogenated alkanes) is 3. The van der Waals surface area contributed by atoms with E-state index in [1.807, 2.05) is 36.8 Å². The van der Waals surface area contributed by atoms with Gasteiger partial charge in [0.05, 0.1) is 17.6 Å². The van der Waals surface area contributed by atoms with Crippen molar-refractivity contribution in [2.24, 2.45) is 5.41 Å². The Morgan fingerprint density at radius 1 is 0.962 bits per heavy atom. The maximum atomic E-state index is 11.3. The van der Waals surface area contributed by atoms with Gasteiger partial charge in [-0.3, -0.25) is 0 Å². The van der Waals surface area contributed by atoms with Crippen LogP contribution in [0.25, 0.3) is 0 Å². The van der Waals surface area contributed by atoms with Crippen LogP contribution in [0.3, 0.4) is 0 Å². The summed E-state index contributed by atoms with van der Waals surface area (Å²) in [4.78, 5) is 0. The standard InChI is InChI=1S/C24H35O2/c1-5-6-7-9-16-21(25)19-14-10-11-15-20(19)24(17-12-8-13-18-24)22(26)23(2,3)4/h8,10-15,17-18,21-22,25-26H,5-7,9,16H2,1-4H3. The second-order valence-electron chi connectivity index (χ2n) is 8.56. The molecule has 0 bridgehead atoms. The summed E-state index contributed by atoms with van der Waals surface area (Å²) < 4.78 is 0. The van der Waals surface area contributed by atoms with Crippen molar-refractivity contribution >= 4 is 0 Å². The van der Waals surface area contributed by atoms with Gasteiger partial charge in [0.2, 0.25) is 0 Å². The maximum absolute atomic E-state index is 11.3. The fourth-order valence-corrected chi connectivity index (χ4v) is 3.88. The van der Waals surface area contributed by atoms with E-state index < -0.39 is 17.6 Å². The highest BCUT2D eigenvalue weighted by Gasteiger charge is 2.43. The van der Waals surface area contributed by atoms with Gasteiger partial charge in [0.1, 0.15) is 0 Å². The van der Waals surface area contributed by atoms with Gasteiger partial charge in [0, 0.05) is 6.42 Å². The summed E-state index contributed by atoms with van der Waals surface area (Å²) in [6, 6.07) is 8.05. The first-order valence-electron chi connectivity index (χ1n) is 9.99. The molecule has 2 nitrogen and oxygen atoms in total. The van der Waals surface area contributed by atoms with Crippen LogP contribution in [-0.2, 0) is 5.41 Å². The SMILES string of the molecule is CCCCCCC(O)c1ccccc1C1(C(O)C(C)(C)C)C=C[CH]C=C1. The van der Waals surface area contributed by atoms with E-state index in [0.717, 1.165) is 30.4 Å². The lowest BCUT2D eigenvalue weighted by atomic mass is 9.64. The molecule has 0 saturated heterocycles. The fraction of sp³-hybridized carbons (Fsp3) is 0.542. The van der Waals surface area contributed by atoms with Crippen LogP contribution in [0.1, 0.15) is 77.0 Å². The van der Waals surface area contributed by atoms with Gasteiger partial charge in [-0.1, -0.05) is 102 Å². The van der Waals surface area contributed by atoms with Gasteiger partial charge in [-0.05, 0) is 23.0 Å². The monoisotopic (exact) mass is 355 g/mol. The highest BCUT2D eigenvalue weighted by molar-refractivity contribution is 5.48. The summed E-state index contributed by atoms with van der Waals surface area (Å²) in [6.07, 6.45) is 14.4. The first-order chi connectivity index (χ1) is 12.3. The van der Waals surface area contributed by atoms with E-state index in [1.165, 1.54) is 12.8 Å². The van der Waals surface area contributed by atoms with Crippen LogP contribution in [0.2, 0.25) is 0 Å². The van der Waals surface area contributed by atoms with Crippen molar-refractivity contribution in [3.05, 3.63) is 66.1 Å². The number of rotatable bonds is 8. The molecule has 1 radical (unpaired) electrons. The minimum Gasteiger partial charge on any atom is -0.391 e. The third-order valence-electron chi connectivity index (χ3n) is 5.36. The average Bonchev–Trinajstić information content (AvgIpc) is 2.64. The van der Waals surface area contributed by atoms with Gasteiger partial charge in [-0.25, -0.2) is 0 Å². The number of hydrogen-bond donors (Lipinski definition) is 2. The number of aliphatic hydroxyl groups is 2. The Kier molecular flexibility index (Phi) is 7.25. The summed E-state index contributed by atoms with van der Waals surface area (Å²) in [5.41, 5.74) is 1.04. The molecule has 0 amide bonds. The van der Waals surface area contributed by atoms with Gasteiger partial charge < -0.3 is 10.2 Å². The molecule has 2 atom stereocenters. The van der Waals surface area contributed by atoms with Gasteiger partial charge in [0.15, 0.2) is 0 Å². The Morgan fingerprint density at radius 2 is 1.62 bits per heavy atom. The summed E-state index contributed by atoms with van der Waals surface area (Å²) in [6.45, 7) is 8.37. The normalized spacial score (nSPS) is 18.7. The van der Waals surface area contributed by atoms with E-state index in [4.69, 9.17) is 0 Å². The number of benzene rings is 1. The van der Waals surface area contributed by atoms with Crippen molar-refractivity contribution in [1.82, 2.24) is 0 Å². The minimum absolute atomic E-state index is 0.286. The van der Waals surface area contributed by atoms with Crippen LogP contribution >= 0.6 is 0 Å². The van der Waals surface area contributed by atoms with E-state index in [9.17, 15) is 10.2 Å². The Hall–Kier alpha value is -1.38. The molecule has 0 fully saturated rings. The lowest BCUT2D eigenvalue weighted by Crippen LogP contribution is -2.45. The zero-order valence-electron chi connectivity index (χ0n) is 16.8. The van der Waals surface area contributed by atoms with Crippen LogP contribution in [0.15, 0.2) is 48.6 Å². The van der Waals surface area contributed by atoms with Gasteiger partial charge >= 0.3 is 0 Å². The molecule has 0 saturated carbocycles. The molecule has 1 aromatic carbocycles. The molecular formula is C24H35O2. The molecule has 0 spiro atoms. The fourth-order valence-electron chi connectivity index (χ4n) is 3.88. The zero-order valence-corrected chi connectivity index (χ0v) is 16.8. The molecule has 2 rings (SSSR count). The Bertz CT molecular complexity index is 609. The Labute approximate surface area is 159 Å². The third-order valence-corrected chi connectivity index (χ3v) is 5.36. The Balaban J connectivity index is 2.39. The van der Waals surface area contributed by atoms with E-state index in [0.29, 0.717) is 0 Å². The number of hydrogen-bond acceptors (Lipinski definition) is 2. The molecule has 26 heavy (non-hydrogen) atoms. The topological polar surface area (TPSA) is 40.5 Å². The molecule has 0 heterocycles. The molecule has 0 aromatic heterocycles.